The number of rotatable bonds is 6. The first-order valence-corrected chi connectivity index (χ1v) is 7.70. The zero-order valence-electron chi connectivity index (χ0n) is 10.4. The van der Waals surface area contributed by atoms with Gasteiger partial charge in [-0.05, 0) is 19.3 Å². The minimum absolute atomic E-state index is 0.0370. The summed E-state index contributed by atoms with van der Waals surface area (Å²) in [5.41, 5.74) is 0. The van der Waals surface area contributed by atoms with Crippen molar-refractivity contribution in [2.45, 2.75) is 37.4 Å². The molecular formula is C10H16N2O4S2. The lowest BCUT2D eigenvalue weighted by atomic mass is 10.1. The molecule has 6 nitrogen and oxygen atoms in total. The Kier molecular flexibility index (Phi) is 4.83. The summed E-state index contributed by atoms with van der Waals surface area (Å²) in [6.45, 7) is 5.36. The van der Waals surface area contributed by atoms with Crippen molar-refractivity contribution >= 4 is 27.3 Å². The fraction of sp³-hybridized carbons (Fsp3) is 0.600. The predicted molar refractivity (Wildman–Crippen MR) is 68.1 cm³/mol. The smallest absolute Gasteiger partial charge is 0.321 e. The lowest BCUT2D eigenvalue weighted by Crippen LogP contribution is -2.41. The zero-order valence-corrected chi connectivity index (χ0v) is 12.0. The summed E-state index contributed by atoms with van der Waals surface area (Å²) in [5.74, 6) is -1.09. The Morgan fingerprint density at radius 1 is 1.56 bits per heavy atom. The van der Waals surface area contributed by atoms with E-state index in [1.807, 2.05) is 13.8 Å². The molecule has 18 heavy (non-hydrogen) atoms. The standard InChI is InChI=1S/C10H16N2O4S2/c1-6(2)4-8(10(13)14)12-18(15,16)9-5-11-7(3)17-9/h5-6,8,12H,4H2,1-3H3,(H,13,14)/t8-/m0/s1. The first kappa shape index (κ1) is 15.1. The molecule has 8 heteroatoms. The maximum atomic E-state index is 11.9. The van der Waals surface area contributed by atoms with Gasteiger partial charge in [-0.2, -0.15) is 4.72 Å². The molecule has 0 bridgehead atoms. The van der Waals surface area contributed by atoms with Crippen molar-refractivity contribution in [3.05, 3.63) is 11.2 Å². The Morgan fingerprint density at radius 2 is 2.17 bits per heavy atom. The molecule has 0 fully saturated rings. The van der Waals surface area contributed by atoms with Gasteiger partial charge in [0, 0.05) is 0 Å². The van der Waals surface area contributed by atoms with Crippen LogP contribution in [0.3, 0.4) is 0 Å². The van der Waals surface area contributed by atoms with E-state index in [2.05, 4.69) is 9.71 Å². The fourth-order valence-corrected chi connectivity index (χ4v) is 3.71. The maximum absolute atomic E-state index is 11.9. The number of carboxylic acids is 1. The van der Waals surface area contributed by atoms with Crippen LogP contribution < -0.4 is 4.72 Å². The van der Waals surface area contributed by atoms with Gasteiger partial charge in [-0.15, -0.1) is 11.3 Å². The van der Waals surface area contributed by atoms with Crippen molar-refractivity contribution in [2.75, 3.05) is 0 Å². The highest BCUT2D eigenvalue weighted by Crippen LogP contribution is 2.18. The number of hydrogen-bond acceptors (Lipinski definition) is 5. The van der Waals surface area contributed by atoms with Gasteiger partial charge in [0.05, 0.1) is 11.2 Å². The summed E-state index contributed by atoms with van der Waals surface area (Å²) in [6.07, 6.45) is 1.48. The molecular weight excluding hydrogens is 276 g/mol. The van der Waals surface area contributed by atoms with Crippen molar-refractivity contribution in [3.8, 4) is 0 Å². The van der Waals surface area contributed by atoms with Crippen LogP contribution in [-0.2, 0) is 14.8 Å². The van der Waals surface area contributed by atoms with Crippen LogP contribution in [0.4, 0.5) is 0 Å². The van der Waals surface area contributed by atoms with Crippen molar-refractivity contribution in [1.29, 1.82) is 0 Å². The van der Waals surface area contributed by atoms with Crippen molar-refractivity contribution in [1.82, 2.24) is 9.71 Å². The molecule has 0 aromatic carbocycles. The van der Waals surface area contributed by atoms with Gasteiger partial charge in [-0.25, -0.2) is 13.4 Å². The number of nitrogens with one attached hydrogen (secondary N) is 1. The summed E-state index contributed by atoms with van der Waals surface area (Å²) >= 11 is 1.01. The molecule has 102 valence electrons. The van der Waals surface area contributed by atoms with E-state index < -0.39 is 22.0 Å². The molecule has 1 heterocycles. The normalized spacial score (nSPS) is 13.8. The fourth-order valence-electron chi connectivity index (χ4n) is 1.38. The van der Waals surface area contributed by atoms with Gasteiger partial charge in [-0.1, -0.05) is 13.8 Å². The van der Waals surface area contributed by atoms with Crippen LogP contribution >= 0.6 is 11.3 Å². The molecule has 0 aliphatic heterocycles. The minimum atomic E-state index is -3.80. The van der Waals surface area contributed by atoms with E-state index in [-0.39, 0.29) is 16.5 Å². The number of aliphatic carboxylic acids is 1. The van der Waals surface area contributed by atoms with Crippen LogP contribution in [0, 0.1) is 12.8 Å². The Labute approximate surface area is 110 Å². The second kappa shape index (κ2) is 5.77. The van der Waals surface area contributed by atoms with Gasteiger partial charge >= 0.3 is 5.97 Å². The van der Waals surface area contributed by atoms with E-state index in [0.29, 0.717) is 5.01 Å². The van der Waals surface area contributed by atoms with Crippen LogP contribution in [0.2, 0.25) is 0 Å². The highest BCUT2D eigenvalue weighted by Gasteiger charge is 2.27. The highest BCUT2D eigenvalue weighted by atomic mass is 32.2. The van der Waals surface area contributed by atoms with Crippen LogP contribution in [-0.4, -0.2) is 30.5 Å². The summed E-state index contributed by atoms with van der Waals surface area (Å²) in [4.78, 5) is 14.9. The Balaban J connectivity index is 2.89. The number of carboxylic acid groups (broad SMARTS) is 1. The number of sulfonamides is 1. The third-order valence-corrected chi connectivity index (χ3v) is 5.01. The average molecular weight is 292 g/mol. The van der Waals surface area contributed by atoms with Gasteiger partial charge in [0.15, 0.2) is 4.21 Å². The van der Waals surface area contributed by atoms with Crippen LogP contribution in [0.5, 0.6) is 0 Å². The van der Waals surface area contributed by atoms with Gasteiger partial charge in [-0.3, -0.25) is 4.79 Å². The molecule has 1 aromatic rings. The lowest BCUT2D eigenvalue weighted by molar-refractivity contribution is -0.139. The molecule has 1 aromatic heterocycles. The third kappa shape index (κ3) is 4.04. The molecule has 0 spiro atoms. The SMILES string of the molecule is Cc1ncc(S(=O)(=O)N[C@@H](CC(C)C)C(=O)O)s1. The predicted octanol–water partition coefficient (Wildman–Crippen LogP) is 1.23. The molecule has 0 aliphatic rings. The number of nitrogens with zero attached hydrogens (tertiary/aromatic N) is 1. The van der Waals surface area contributed by atoms with Crippen LogP contribution in [0.1, 0.15) is 25.3 Å². The van der Waals surface area contributed by atoms with Crippen molar-refractivity contribution in [3.63, 3.8) is 0 Å². The summed E-state index contributed by atoms with van der Waals surface area (Å²) in [6, 6.07) is -1.11. The first-order valence-electron chi connectivity index (χ1n) is 5.40. The number of aryl methyl sites for hydroxylation is 1. The Morgan fingerprint density at radius 3 is 2.56 bits per heavy atom. The van der Waals surface area contributed by atoms with E-state index in [1.165, 1.54) is 6.20 Å². The van der Waals surface area contributed by atoms with Crippen LogP contribution in [0.15, 0.2) is 10.4 Å². The van der Waals surface area contributed by atoms with E-state index in [0.717, 1.165) is 11.3 Å². The first-order chi connectivity index (χ1) is 8.22. The van der Waals surface area contributed by atoms with Gasteiger partial charge in [0.1, 0.15) is 6.04 Å². The van der Waals surface area contributed by atoms with E-state index in [4.69, 9.17) is 5.11 Å². The molecule has 0 saturated heterocycles. The maximum Gasteiger partial charge on any atom is 0.321 e. The Bertz CT molecular complexity index is 522. The van der Waals surface area contributed by atoms with Gasteiger partial charge < -0.3 is 5.11 Å². The Hall–Kier alpha value is -0.990. The highest BCUT2D eigenvalue weighted by molar-refractivity contribution is 7.91. The summed E-state index contributed by atoms with van der Waals surface area (Å²) < 4.78 is 26.1. The largest absolute Gasteiger partial charge is 0.480 e. The van der Waals surface area contributed by atoms with Gasteiger partial charge in [0.25, 0.3) is 10.0 Å². The molecule has 1 rings (SSSR count). The van der Waals surface area contributed by atoms with E-state index in [9.17, 15) is 13.2 Å². The summed E-state index contributed by atoms with van der Waals surface area (Å²) in [7, 11) is -3.80. The van der Waals surface area contributed by atoms with Gasteiger partial charge in [0.2, 0.25) is 0 Å². The third-order valence-electron chi connectivity index (χ3n) is 2.17. The lowest BCUT2D eigenvalue weighted by Gasteiger charge is -2.15. The second-order valence-corrected chi connectivity index (χ2v) is 7.52. The summed E-state index contributed by atoms with van der Waals surface area (Å²) in [5, 5.41) is 9.62. The molecule has 1 atom stereocenters. The van der Waals surface area contributed by atoms with Crippen molar-refractivity contribution < 1.29 is 18.3 Å². The molecule has 0 aliphatic carbocycles. The van der Waals surface area contributed by atoms with Crippen molar-refractivity contribution in [2.24, 2.45) is 5.92 Å². The number of thiazole rings is 1. The zero-order chi connectivity index (χ0) is 13.9. The number of hydrogen-bond donors (Lipinski definition) is 2. The topological polar surface area (TPSA) is 96.4 Å². The van der Waals surface area contributed by atoms with Crippen LogP contribution in [0.25, 0.3) is 0 Å². The molecule has 0 amide bonds. The monoisotopic (exact) mass is 292 g/mol. The molecule has 0 unspecified atom stereocenters. The van der Waals surface area contributed by atoms with E-state index in [1.54, 1.807) is 6.92 Å². The minimum Gasteiger partial charge on any atom is -0.480 e. The number of carbonyl (C=O) groups is 1. The molecule has 0 radical (unpaired) electrons. The quantitative estimate of drug-likeness (QED) is 0.822. The average Bonchev–Trinajstić information content (AvgIpc) is 2.63. The molecule has 0 saturated carbocycles. The number of aromatic nitrogens is 1. The second-order valence-electron chi connectivity index (χ2n) is 4.34. The molecule has 2 N–H and O–H groups in total. The van der Waals surface area contributed by atoms with E-state index >= 15 is 0 Å².